The van der Waals surface area contributed by atoms with E-state index in [9.17, 15) is 4.79 Å². The van der Waals surface area contributed by atoms with E-state index in [0.717, 1.165) is 0 Å². The molecular weight excluding hydrogens is 325 g/mol. The molecule has 0 bridgehead atoms. The van der Waals surface area contributed by atoms with Crippen LogP contribution in [0.15, 0.2) is 0 Å². The first-order valence-corrected chi connectivity index (χ1v) is 3.02. The quantitative estimate of drug-likeness (QED) is 0.716. The van der Waals surface area contributed by atoms with Crippen LogP contribution in [0.25, 0.3) is 0 Å². The molecule has 3 nitrogen and oxygen atoms in total. The average Bonchev–Trinajstić information content (AvgIpc) is 1.63. The van der Waals surface area contributed by atoms with E-state index in [1.165, 1.54) is 0 Å². The Morgan fingerprint density at radius 3 is 2.10 bits per heavy atom. The third-order valence-corrected chi connectivity index (χ3v) is 1.04. The fourth-order valence-electron chi connectivity index (χ4n) is 0.609. The molecule has 10 heavy (non-hydrogen) atoms. The maximum absolute atomic E-state index is 10.1. The van der Waals surface area contributed by atoms with Gasteiger partial charge in [0.05, 0.1) is 0 Å². The first-order chi connectivity index (χ1) is 4.04. The summed E-state index contributed by atoms with van der Waals surface area (Å²) in [5.41, 5.74) is 5.22. The van der Waals surface area contributed by atoms with E-state index in [-0.39, 0.29) is 27.3 Å². The van der Waals surface area contributed by atoms with E-state index in [1.54, 1.807) is 0 Å². The Morgan fingerprint density at radius 1 is 1.60 bits per heavy atom. The molecule has 0 spiro atoms. The number of hydrogen-bond donors (Lipinski definition) is 2. The normalized spacial score (nSPS) is 12.4. The monoisotopic (exact) mass is 339 g/mol. The van der Waals surface area contributed by atoms with Gasteiger partial charge in [-0.25, -0.2) is 0 Å². The Morgan fingerprint density at radius 2 is 2.00 bits per heavy atom. The molecule has 0 aromatic carbocycles. The molecule has 0 aliphatic rings. The zero-order valence-corrected chi connectivity index (χ0v) is 10.2. The Labute approximate surface area is 81.1 Å². The van der Waals surface area contributed by atoms with Crippen LogP contribution in [0.3, 0.4) is 0 Å². The van der Waals surface area contributed by atoms with Crippen molar-refractivity contribution in [1.29, 1.82) is 0 Å². The number of carbonyl (C=O) groups is 1. The minimum Gasteiger partial charge on any atom is -0.480 e. The van der Waals surface area contributed by atoms with Crippen LogP contribution in [0.4, 0.5) is 0 Å². The molecule has 0 amide bonds. The molecule has 58 valence electrons. The zero-order chi connectivity index (χ0) is 7.44. The van der Waals surface area contributed by atoms with E-state index in [4.69, 9.17) is 10.8 Å². The van der Waals surface area contributed by atoms with Crippen LogP contribution < -0.4 is 5.73 Å². The molecule has 0 aromatic heterocycles. The summed E-state index contributed by atoms with van der Waals surface area (Å²) in [6.07, 6.45) is 0.551. The van der Waals surface area contributed by atoms with Gasteiger partial charge in [0.1, 0.15) is 6.04 Å². The smallest absolute Gasteiger partial charge is 0.320 e. The number of rotatable bonds is 3. The Kier molecular flexibility index (Phi) is 7.90. The standard InChI is InChI=1S/C6H13NO2.Pb/c1-4(2)3-5(7)6(8)9;/h4-5H,3,7H2,1-2H3,(H,8,9);. The van der Waals surface area contributed by atoms with Crippen molar-refractivity contribution in [2.75, 3.05) is 0 Å². The number of aliphatic carboxylic acids is 1. The van der Waals surface area contributed by atoms with Gasteiger partial charge < -0.3 is 10.8 Å². The minimum atomic E-state index is -0.913. The minimum absolute atomic E-state index is 0. The molecule has 0 aliphatic heterocycles. The van der Waals surface area contributed by atoms with Crippen molar-refractivity contribution in [2.24, 2.45) is 11.7 Å². The molecule has 0 saturated heterocycles. The second-order valence-corrected chi connectivity index (χ2v) is 2.57. The van der Waals surface area contributed by atoms with Gasteiger partial charge in [0.15, 0.2) is 0 Å². The molecule has 1 atom stereocenters. The summed E-state index contributed by atoms with van der Waals surface area (Å²) in [7, 11) is 0. The summed E-state index contributed by atoms with van der Waals surface area (Å²) in [6, 6.07) is -0.690. The van der Waals surface area contributed by atoms with E-state index in [1.807, 2.05) is 13.8 Å². The second-order valence-electron chi connectivity index (χ2n) is 2.57. The van der Waals surface area contributed by atoms with Gasteiger partial charge in [-0.15, -0.1) is 0 Å². The van der Waals surface area contributed by atoms with Crippen molar-refractivity contribution in [3.8, 4) is 0 Å². The van der Waals surface area contributed by atoms with Crippen molar-refractivity contribution < 1.29 is 9.90 Å². The molecule has 0 aromatic rings. The van der Waals surface area contributed by atoms with Gasteiger partial charge in [-0.2, -0.15) is 0 Å². The van der Waals surface area contributed by atoms with Gasteiger partial charge in [-0.1, -0.05) is 13.8 Å². The van der Waals surface area contributed by atoms with Gasteiger partial charge in [0.2, 0.25) is 0 Å². The number of carboxylic acids is 1. The van der Waals surface area contributed by atoms with Crippen LogP contribution in [0.5, 0.6) is 0 Å². The number of nitrogens with two attached hydrogens (primary N) is 1. The fraction of sp³-hybridized carbons (Fsp3) is 0.833. The maximum atomic E-state index is 10.1. The summed E-state index contributed by atoms with van der Waals surface area (Å²) in [5, 5.41) is 8.31. The van der Waals surface area contributed by atoms with Gasteiger partial charge >= 0.3 is 5.97 Å². The first-order valence-electron chi connectivity index (χ1n) is 3.02. The van der Waals surface area contributed by atoms with Crippen LogP contribution >= 0.6 is 0 Å². The largest absolute Gasteiger partial charge is 0.480 e. The molecule has 0 aliphatic carbocycles. The van der Waals surface area contributed by atoms with Gasteiger partial charge in [-0.05, 0) is 12.3 Å². The fourth-order valence-corrected chi connectivity index (χ4v) is 0.609. The topological polar surface area (TPSA) is 63.3 Å². The van der Waals surface area contributed by atoms with Gasteiger partial charge in [0, 0.05) is 27.3 Å². The van der Waals surface area contributed by atoms with Crippen molar-refractivity contribution >= 4 is 33.3 Å². The predicted octanol–water partition coefficient (Wildman–Crippen LogP) is 0.0636. The molecule has 0 saturated carbocycles. The van der Waals surface area contributed by atoms with Gasteiger partial charge in [-0.3, -0.25) is 4.79 Å². The van der Waals surface area contributed by atoms with Gasteiger partial charge in [0.25, 0.3) is 0 Å². The van der Waals surface area contributed by atoms with Crippen LogP contribution in [-0.4, -0.2) is 44.4 Å². The maximum Gasteiger partial charge on any atom is 0.320 e. The Balaban J connectivity index is 0. The van der Waals surface area contributed by atoms with Crippen molar-refractivity contribution in [3.63, 3.8) is 0 Å². The van der Waals surface area contributed by atoms with Crippen LogP contribution in [-0.2, 0) is 4.79 Å². The summed E-state index contributed by atoms with van der Waals surface area (Å²) in [5.74, 6) is -0.556. The molecule has 0 rings (SSSR count). The molecule has 0 heterocycles. The van der Waals surface area contributed by atoms with E-state index in [2.05, 4.69) is 0 Å². The van der Waals surface area contributed by atoms with Crippen LogP contribution in [0.2, 0.25) is 0 Å². The molecule has 1 unspecified atom stereocenters. The second kappa shape index (κ2) is 6.09. The molecule has 0 fully saturated rings. The molecular formula is C6H13NO2Pb. The van der Waals surface area contributed by atoms with E-state index < -0.39 is 12.0 Å². The van der Waals surface area contributed by atoms with E-state index >= 15 is 0 Å². The summed E-state index contributed by atoms with van der Waals surface area (Å²) in [6.45, 7) is 3.89. The molecule has 3 N–H and O–H groups in total. The summed E-state index contributed by atoms with van der Waals surface area (Å²) < 4.78 is 0. The molecule has 4 heteroatoms. The van der Waals surface area contributed by atoms with Crippen LogP contribution in [0, 0.1) is 5.92 Å². The van der Waals surface area contributed by atoms with Crippen molar-refractivity contribution in [1.82, 2.24) is 0 Å². The Bertz CT molecular complexity index is 106. The van der Waals surface area contributed by atoms with Crippen molar-refractivity contribution in [3.05, 3.63) is 0 Å². The van der Waals surface area contributed by atoms with E-state index in [0.29, 0.717) is 12.3 Å². The average molecular weight is 338 g/mol. The number of hydrogen-bond acceptors (Lipinski definition) is 2. The summed E-state index contributed by atoms with van der Waals surface area (Å²) in [4.78, 5) is 10.1. The zero-order valence-electron chi connectivity index (χ0n) is 6.29. The Hall–Kier alpha value is 0.352. The van der Waals surface area contributed by atoms with Crippen molar-refractivity contribution in [2.45, 2.75) is 26.3 Å². The third-order valence-electron chi connectivity index (χ3n) is 1.04. The number of carboxylic acid groups (broad SMARTS) is 1. The SMILES string of the molecule is CC(C)CC(N)C(=O)O.[Pb]. The van der Waals surface area contributed by atoms with Crippen LogP contribution in [0.1, 0.15) is 20.3 Å². The summed E-state index contributed by atoms with van der Waals surface area (Å²) >= 11 is 0. The first kappa shape index (κ1) is 13.0. The molecule has 4 radical (unpaired) electrons. The third kappa shape index (κ3) is 6.47. The predicted molar refractivity (Wildman–Crippen MR) is 40.8 cm³/mol.